The van der Waals surface area contributed by atoms with Gasteiger partial charge in [0.2, 0.25) is 5.91 Å². The molecule has 2 aromatic carbocycles. The Kier molecular flexibility index (Phi) is 4.92. The van der Waals surface area contributed by atoms with Crippen molar-refractivity contribution >= 4 is 22.7 Å². The van der Waals surface area contributed by atoms with Crippen LogP contribution in [-0.2, 0) is 11.2 Å². The van der Waals surface area contributed by atoms with E-state index >= 15 is 0 Å². The molecular weight excluding hydrogens is 338 g/mol. The first kappa shape index (κ1) is 17.3. The van der Waals surface area contributed by atoms with Gasteiger partial charge in [-0.3, -0.25) is 9.59 Å². The molecule has 1 N–H and O–H groups in total. The Balaban J connectivity index is 1.30. The number of nitrogens with zero attached hydrogens (tertiary/aromatic N) is 2. The fourth-order valence-electron chi connectivity index (χ4n) is 3.66. The highest BCUT2D eigenvalue weighted by Crippen LogP contribution is 2.19. The van der Waals surface area contributed by atoms with Gasteiger partial charge in [-0.2, -0.15) is 0 Å². The fraction of sp³-hybridized carbons (Fsp3) is 0.273. The normalized spacial score (nSPS) is 14.5. The minimum absolute atomic E-state index is 0.0430. The fourth-order valence-corrected chi connectivity index (χ4v) is 3.66. The molecule has 5 nitrogen and oxygen atoms in total. The van der Waals surface area contributed by atoms with E-state index in [-0.39, 0.29) is 11.8 Å². The number of carbonyl (C=O) groups excluding carboxylic acids is 2. The van der Waals surface area contributed by atoms with Crippen LogP contribution in [0.25, 0.3) is 10.9 Å². The van der Waals surface area contributed by atoms with Crippen molar-refractivity contribution in [3.63, 3.8) is 0 Å². The highest BCUT2D eigenvalue weighted by Gasteiger charge is 2.24. The molecule has 5 heteroatoms. The van der Waals surface area contributed by atoms with Crippen molar-refractivity contribution in [1.29, 1.82) is 0 Å². The number of rotatable bonds is 4. The lowest BCUT2D eigenvalue weighted by atomic mass is 10.1. The van der Waals surface area contributed by atoms with Crippen LogP contribution in [0, 0.1) is 0 Å². The smallest absolute Gasteiger partial charge is 0.253 e. The molecule has 1 aliphatic rings. The lowest BCUT2D eigenvalue weighted by Gasteiger charge is -2.35. The quantitative estimate of drug-likeness (QED) is 0.776. The van der Waals surface area contributed by atoms with Crippen LogP contribution in [0.5, 0.6) is 0 Å². The van der Waals surface area contributed by atoms with Gasteiger partial charge in [-0.05, 0) is 30.2 Å². The Labute approximate surface area is 158 Å². The predicted molar refractivity (Wildman–Crippen MR) is 106 cm³/mol. The van der Waals surface area contributed by atoms with Crippen LogP contribution in [0.3, 0.4) is 0 Å². The van der Waals surface area contributed by atoms with Gasteiger partial charge >= 0.3 is 0 Å². The first-order chi connectivity index (χ1) is 13.2. The third-order valence-corrected chi connectivity index (χ3v) is 5.22. The van der Waals surface area contributed by atoms with Crippen molar-refractivity contribution in [1.82, 2.24) is 14.8 Å². The van der Waals surface area contributed by atoms with Gasteiger partial charge < -0.3 is 14.8 Å². The molecule has 3 aromatic rings. The number of hydrogen-bond donors (Lipinski definition) is 1. The van der Waals surface area contributed by atoms with Crippen LogP contribution in [0.15, 0.2) is 60.8 Å². The van der Waals surface area contributed by atoms with E-state index in [9.17, 15) is 9.59 Å². The van der Waals surface area contributed by atoms with Crippen molar-refractivity contribution < 1.29 is 9.59 Å². The van der Waals surface area contributed by atoms with E-state index in [1.54, 1.807) is 0 Å². The Hall–Kier alpha value is -3.08. The zero-order valence-electron chi connectivity index (χ0n) is 15.2. The summed E-state index contributed by atoms with van der Waals surface area (Å²) in [5.41, 5.74) is 2.99. The van der Waals surface area contributed by atoms with Gasteiger partial charge in [0.1, 0.15) is 0 Å². The molecule has 2 heterocycles. The second-order valence-corrected chi connectivity index (χ2v) is 6.90. The summed E-state index contributed by atoms with van der Waals surface area (Å²) < 4.78 is 0. The Morgan fingerprint density at radius 2 is 1.52 bits per heavy atom. The molecule has 2 amide bonds. The first-order valence-corrected chi connectivity index (χ1v) is 9.39. The minimum atomic E-state index is 0.0430. The van der Waals surface area contributed by atoms with Crippen LogP contribution in [-0.4, -0.2) is 52.8 Å². The maximum atomic E-state index is 12.6. The van der Waals surface area contributed by atoms with Crippen molar-refractivity contribution in [3.8, 4) is 0 Å². The van der Waals surface area contributed by atoms with Gasteiger partial charge in [0.05, 0.1) is 0 Å². The van der Waals surface area contributed by atoms with Crippen LogP contribution in [0.4, 0.5) is 0 Å². The number of aromatic nitrogens is 1. The Morgan fingerprint density at radius 1 is 0.852 bits per heavy atom. The molecule has 0 bridgehead atoms. The van der Waals surface area contributed by atoms with E-state index in [1.807, 2.05) is 64.5 Å². The van der Waals surface area contributed by atoms with Gasteiger partial charge in [0.15, 0.2) is 0 Å². The van der Waals surface area contributed by atoms with Crippen LogP contribution in [0.1, 0.15) is 22.3 Å². The highest BCUT2D eigenvalue weighted by atomic mass is 16.2. The molecule has 1 aliphatic heterocycles. The molecule has 1 aromatic heterocycles. The number of fused-ring (bicyclic) bond motifs is 1. The summed E-state index contributed by atoms with van der Waals surface area (Å²) in [6.45, 7) is 2.38. The third-order valence-electron chi connectivity index (χ3n) is 5.22. The monoisotopic (exact) mass is 361 g/mol. The lowest BCUT2D eigenvalue weighted by molar-refractivity contribution is -0.132. The molecule has 138 valence electrons. The number of H-pyrrole nitrogens is 1. The number of amides is 2. The van der Waals surface area contributed by atoms with Crippen LogP contribution < -0.4 is 0 Å². The zero-order chi connectivity index (χ0) is 18.6. The number of para-hydroxylation sites is 1. The number of nitrogens with one attached hydrogen (secondary N) is 1. The maximum Gasteiger partial charge on any atom is 0.253 e. The van der Waals surface area contributed by atoms with E-state index in [0.29, 0.717) is 38.2 Å². The average molecular weight is 361 g/mol. The lowest BCUT2D eigenvalue weighted by Crippen LogP contribution is -2.50. The van der Waals surface area contributed by atoms with Gasteiger partial charge in [0.25, 0.3) is 5.91 Å². The predicted octanol–water partition coefficient (Wildman–Crippen LogP) is 3.09. The number of aromatic amines is 1. The van der Waals surface area contributed by atoms with Crippen molar-refractivity contribution in [2.24, 2.45) is 0 Å². The highest BCUT2D eigenvalue weighted by molar-refractivity contribution is 5.94. The van der Waals surface area contributed by atoms with E-state index in [2.05, 4.69) is 11.1 Å². The topological polar surface area (TPSA) is 56.4 Å². The number of aryl methyl sites for hydroxylation is 1. The summed E-state index contributed by atoms with van der Waals surface area (Å²) in [6, 6.07) is 17.5. The van der Waals surface area contributed by atoms with Gasteiger partial charge in [-0.25, -0.2) is 0 Å². The molecule has 0 aliphatic carbocycles. The summed E-state index contributed by atoms with van der Waals surface area (Å²) in [5.74, 6) is 0.202. The molecule has 0 unspecified atom stereocenters. The summed E-state index contributed by atoms with van der Waals surface area (Å²) >= 11 is 0. The van der Waals surface area contributed by atoms with E-state index in [1.165, 1.54) is 10.9 Å². The number of carbonyl (C=O) groups is 2. The molecule has 0 radical (unpaired) electrons. The van der Waals surface area contributed by atoms with Crippen LogP contribution in [0.2, 0.25) is 0 Å². The second-order valence-electron chi connectivity index (χ2n) is 6.90. The summed E-state index contributed by atoms with van der Waals surface area (Å²) in [7, 11) is 0. The third kappa shape index (κ3) is 3.72. The Bertz CT molecular complexity index is 940. The molecule has 4 rings (SSSR count). The average Bonchev–Trinajstić information content (AvgIpc) is 3.15. The first-order valence-electron chi connectivity index (χ1n) is 9.39. The molecular formula is C22H23N3O2. The van der Waals surface area contributed by atoms with Crippen molar-refractivity contribution in [2.75, 3.05) is 26.2 Å². The Morgan fingerprint density at radius 3 is 2.30 bits per heavy atom. The summed E-state index contributed by atoms with van der Waals surface area (Å²) in [5, 5.41) is 1.18. The molecule has 27 heavy (non-hydrogen) atoms. The second kappa shape index (κ2) is 7.66. The number of benzene rings is 2. The van der Waals surface area contributed by atoms with Crippen molar-refractivity contribution in [2.45, 2.75) is 12.8 Å². The molecule has 1 fully saturated rings. The summed E-state index contributed by atoms with van der Waals surface area (Å²) in [4.78, 5) is 32.1. The van der Waals surface area contributed by atoms with E-state index in [4.69, 9.17) is 0 Å². The van der Waals surface area contributed by atoms with Gasteiger partial charge in [-0.15, -0.1) is 0 Å². The SMILES string of the molecule is O=C(CCc1c[nH]c2ccccc12)N1CCN(C(=O)c2ccccc2)CC1. The van der Waals surface area contributed by atoms with E-state index in [0.717, 1.165) is 11.9 Å². The number of hydrogen-bond acceptors (Lipinski definition) is 2. The zero-order valence-corrected chi connectivity index (χ0v) is 15.2. The number of piperazine rings is 1. The molecule has 0 saturated carbocycles. The minimum Gasteiger partial charge on any atom is -0.361 e. The van der Waals surface area contributed by atoms with Crippen molar-refractivity contribution in [3.05, 3.63) is 71.9 Å². The maximum absolute atomic E-state index is 12.6. The van der Waals surface area contributed by atoms with E-state index < -0.39 is 0 Å². The largest absolute Gasteiger partial charge is 0.361 e. The molecule has 1 saturated heterocycles. The molecule has 0 spiro atoms. The summed E-state index contributed by atoms with van der Waals surface area (Å²) in [6.07, 6.45) is 3.22. The molecule has 0 atom stereocenters. The van der Waals surface area contributed by atoms with Crippen LogP contribution >= 0.6 is 0 Å². The standard InChI is InChI=1S/C22H23N3O2/c26-21(11-10-18-16-23-20-9-5-4-8-19(18)20)24-12-14-25(15-13-24)22(27)17-6-2-1-3-7-17/h1-9,16,23H,10-15H2. The van der Waals surface area contributed by atoms with Gasteiger partial charge in [0, 0.05) is 55.3 Å². The van der Waals surface area contributed by atoms with Gasteiger partial charge in [-0.1, -0.05) is 36.4 Å².